The van der Waals surface area contributed by atoms with Crippen LogP contribution >= 0.6 is 15.9 Å². The van der Waals surface area contributed by atoms with Crippen LogP contribution in [0.2, 0.25) is 0 Å². The summed E-state index contributed by atoms with van der Waals surface area (Å²) in [5.41, 5.74) is 0.499. The van der Waals surface area contributed by atoms with Crippen LogP contribution in [0.4, 0.5) is 0 Å². The summed E-state index contributed by atoms with van der Waals surface area (Å²) in [6.07, 6.45) is 3.04. The van der Waals surface area contributed by atoms with Crippen molar-refractivity contribution in [3.8, 4) is 11.5 Å². The van der Waals surface area contributed by atoms with Gasteiger partial charge in [0, 0.05) is 10.0 Å². The molecule has 0 spiro atoms. The average Bonchev–Trinajstić information content (AvgIpc) is 3.06. The van der Waals surface area contributed by atoms with E-state index < -0.39 is 0 Å². The fourth-order valence-corrected chi connectivity index (χ4v) is 2.53. The highest BCUT2D eigenvalue weighted by molar-refractivity contribution is 9.10. The van der Waals surface area contributed by atoms with Gasteiger partial charge in [0.05, 0.1) is 0 Å². The van der Waals surface area contributed by atoms with Crippen molar-refractivity contribution in [1.29, 1.82) is 0 Å². The van der Waals surface area contributed by atoms with Crippen LogP contribution in [0.25, 0.3) is 6.08 Å². The van der Waals surface area contributed by atoms with Gasteiger partial charge in [0.2, 0.25) is 0 Å². The molecule has 3 rings (SSSR count). The topological polar surface area (TPSA) is 59.7 Å². The maximum absolute atomic E-state index is 12.0. The van der Waals surface area contributed by atoms with Crippen LogP contribution in [0, 0.1) is 0 Å². The third kappa shape index (κ3) is 4.84. The van der Waals surface area contributed by atoms with Gasteiger partial charge in [-0.3, -0.25) is 4.79 Å². The normalized spacial score (nSPS) is 10.9. The monoisotopic (exact) mass is 398 g/mol. The summed E-state index contributed by atoms with van der Waals surface area (Å²) in [6.45, 7) is 0.302. The third-order valence-electron chi connectivity index (χ3n) is 3.41. The molecule has 0 aliphatic carbocycles. The first kappa shape index (κ1) is 17.0. The second-order valence-electron chi connectivity index (χ2n) is 5.29. The Morgan fingerprint density at radius 2 is 1.92 bits per heavy atom. The van der Waals surface area contributed by atoms with Crippen LogP contribution in [-0.4, -0.2) is 10.9 Å². The van der Waals surface area contributed by atoms with E-state index in [1.165, 1.54) is 18.2 Å². The number of ketones is 1. The van der Waals surface area contributed by atoms with Gasteiger partial charge < -0.3 is 14.3 Å². The lowest BCUT2D eigenvalue weighted by molar-refractivity contribution is 0.104. The summed E-state index contributed by atoms with van der Waals surface area (Å²) in [7, 11) is 0. The number of allylic oxidation sites excluding steroid dienone is 1. The molecule has 1 heterocycles. The molecule has 0 saturated carbocycles. The molecule has 0 radical (unpaired) electrons. The van der Waals surface area contributed by atoms with E-state index in [9.17, 15) is 9.90 Å². The molecular formula is C20H15BrO4. The maximum atomic E-state index is 12.0. The molecule has 0 aliphatic heterocycles. The van der Waals surface area contributed by atoms with Gasteiger partial charge in [-0.1, -0.05) is 22.0 Å². The lowest BCUT2D eigenvalue weighted by Crippen LogP contribution is -1.93. The summed E-state index contributed by atoms with van der Waals surface area (Å²) in [5.74, 6) is 1.94. The molecular weight excluding hydrogens is 384 g/mol. The Bertz CT molecular complexity index is 894. The zero-order valence-corrected chi connectivity index (χ0v) is 14.8. The van der Waals surface area contributed by atoms with Crippen LogP contribution < -0.4 is 4.74 Å². The largest absolute Gasteiger partial charge is 0.508 e. The highest BCUT2D eigenvalue weighted by atomic mass is 79.9. The Balaban J connectivity index is 1.59. The fraction of sp³-hybridized carbons (Fsp3) is 0.0500. The standard InChI is InChI=1S/C20H15BrO4/c21-15-2-1-3-18(12-15)24-13-19-9-8-17(25-19)10-11-20(23)14-4-6-16(22)7-5-14/h1-12,22H,13H2/b11-10+. The molecule has 3 aromatic rings. The van der Waals surface area contributed by atoms with Crippen molar-refractivity contribution < 1.29 is 19.1 Å². The molecule has 0 amide bonds. The van der Waals surface area contributed by atoms with Gasteiger partial charge in [0.1, 0.15) is 29.6 Å². The summed E-state index contributed by atoms with van der Waals surface area (Å²) in [4.78, 5) is 12.0. The number of phenolic OH excluding ortho intramolecular Hbond substituents is 1. The Labute approximate surface area is 153 Å². The molecule has 0 atom stereocenters. The van der Waals surface area contributed by atoms with E-state index in [1.54, 1.807) is 24.3 Å². The van der Waals surface area contributed by atoms with Crippen LogP contribution in [0.5, 0.6) is 11.5 Å². The van der Waals surface area contributed by atoms with Crippen molar-refractivity contribution >= 4 is 27.8 Å². The molecule has 25 heavy (non-hydrogen) atoms. The number of hydrogen-bond donors (Lipinski definition) is 1. The molecule has 1 aromatic heterocycles. The zero-order chi connectivity index (χ0) is 17.6. The quantitative estimate of drug-likeness (QED) is 0.456. The summed E-state index contributed by atoms with van der Waals surface area (Å²) < 4.78 is 12.2. The van der Waals surface area contributed by atoms with E-state index in [1.807, 2.05) is 30.3 Å². The molecule has 0 saturated heterocycles. The second-order valence-corrected chi connectivity index (χ2v) is 6.21. The number of ether oxygens (including phenoxy) is 1. The SMILES string of the molecule is O=C(/C=C/c1ccc(COc2cccc(Br)c2)o1)c1ccc(O)cc1. The summed E-state index contributed by atoms with van der Waals surface area (Å²) >= 11 is 3.39. The predicted octanol–water partition coefficient (Wildman–Crippen LogP) is 5.22. The Kier molecular flexibility index (Phi) is 5.36. The highest BCUT2D eigenvalue weighted by Gasteiger charge is 2.04. The minimum absolute atomic E-state index is 0.127. The van der Waals surface area contributed by atoms with Crippen molar-refractivity contribution in [2.75, 3.05) is 0 Å². The molecule has 0 bridgehead atoms. The van der Waals surface area contributed by atoms with E-state index in [4.69, 9.17) is 9.15 Å². The van der Waals surface area contributed by atoms with Crippen LogP contribution in [0.3, 0.4) is 0 Å². The Morgan fingerprint density at radius 1 is 1.12 bits per heavy atom. The van der Waals surface area contributed by atoms with E-state index in [0.29, 0.717) is 23.7 Å². The van der Waals surface area contributed by atoms with Crippen LogP contribution in [0.1, 0.15) is 21.9 Å². The van der Waals surface area contributed by atoms with Crippen molar-refractivity contribution in [2.45, 2.75) is 6.61 Å². The molecule has 0 aliphatic rings. The number of phenols is 1. The summed E-state index contributed by atoms with van der Waals surface area (Å²) in [5, 5.41) is 9.24. The van der Waals surface area contributed by atoms with Gasteiger partial charge in [0.25, 0.3) is 0 Å². The minimum atomic E-state index is -0.164. The lowest BCUT2D eigenvalue weighted by Gasteiger charge is -2.04. The molecule has 0 unspecified atom stereocenters. The van der Waals surface area contributed by atoms with Crippen molar-refractivity contribution in [3.05, 3.63) is 88.3 Å². The fourth-order valence-electron chi connectivity index (χ4n) is 2.15. The maximum Gasteiger partial charge on any atom is 0.185 e. The first-order chi connectivity index (χ1) is 12.1. The number of halogens is 1. The number of hydrogen-bond acceptors (Lipinski definition) is 4. The number of benzene rings is 2. The molecule has 0 fully saturated rings. The molecule has 2 aromatic carbocycles. The van der Waals surface area contributed by atoms with Gasteiger partial charge >= 0.3 is 0 Å². The van der Waals surface area contributed by atoms with Crippen LogP contribution in [0.15, 0.2) is 75.6 Å². The van der Waals surface area contributed by atoms with Crippen molar-refractivity contribution in [2.24, 2.45) is 0 Å². The molecule has 1 N–H and O–H groups in total. The van der Waals surface area contributed by atoms with E-state index in [-0.39, 0.29) is 11.5 Å². The Hall–Kier alpha value is -2.79. The second kappa shape index (κ2) is 7.85. The van der Waals surface area contributed by atoms with Crippen LogP contribution in [-0.2, 0) is 6.61 Å². The van der Waals surface area contributed by atoms with Gasteiger partial charge in [-0.05, 0) is 66.7 Å². The molecule has 126 valence electrons. The minimum Gasteiger partial charge on any atom is -0.508 e. The number of carbonyl (C=O) groups excluding carboxylic acids is 1. The van der Waals surface area contributed by atoms with Gasteiger partial charge in [-0.15, -0.1) is 0 Å². The molecule has 5 heteroatoms. The lowest BCUT2D eigenvalue weighted by atomic mass is 10.1. The van der Waals surface area contributed by atoms with Gasteiger partial charge in [-0.2, -0.15) is 0 Å². The van der Waals surface area contributed by atoms with Crippen molar-refractivity contribution in [1.82, 2.24) is 0 Å². The average molecular weight is 399 g/mol. The number of rotatable bonds is 6. The first-order valence-corrected chi connectivity index (χ1v) is 8.38. The van der Waals surface area contributed by atoms with Gasteiger partial charge in [-0.25, -0.2) is 0 Å². The Morgan fingerprint density at radius 3 is 2.68 bits per heavy atom. The number of carbonyl (C=O) groups is 1. The number of aromatic hydroxyl groups is 1. The van der Waals surface area contributed by atoms with E-state index in [2.05, 4.69) is 15.9 Å². The predicted molar refractivity (Wildman–Crippen MR) is 98.7 cm³/mol. The zero-order valence-electron chi connectivity index (χ0n) is 13.2. The third-order valence-corrected chi connectivity index (χ3v) is 3.90. The van der Waals surface area contributed by atoms with Crippen molar-refractivity contribution in [3.63, 3.8) is 0 Å². The molecule has 4 nitrogen and oxygen atoms in total. The van der Waals surface area contributed by atoms with Gasteiger partial charge in [0.15, 0.2) is 5.78 Å². The van der Waals surface area contributed by atoms with E-state index in [0.717, 1.165) is 10.2 Å². The first-order valence-electron chi connectivity index (χ1n) is 7.59. The number of furan rings is 1. The highest BCUT2D eigenvalue weighted by Crippen LogP contribution is 2.20. The summed E-state index contributed by atoms with van der Waals surface area (Å²) in [6, 6.07) is 17.2. The smallest absolute Gasteiger partial charge is 0.185 e. The van der Waals surface area contributed by atoms with E-state index >= 15 is 0 Å².